The van der Waals surface area contributed by atoms with E-state index in [1.807, 2.05) is 18.4 Å². The summed E-state index contributed by atoms with van der Waals surface area (Å²) in [6, 6.07) is 4.09. The van der Waals surface area contributed by atoms with Crippen molar-refractivity contribution in [2.24, 2.45) is 0 Å². The summed E-state index contributed by atoms with van der Waals surface area (Å²) in [6.45, 7) is 2.29. The summed E-state index contributed by atoms with van der Waals surface area (Å²) < 4.78 is 4.80. The van der Waals surface area contributed by atoms with Gasteiger partial charge < -0.3 is 4.74 Å². The smallest absolute Gasteiger partial charge is 0.315 e. The maximum atomic E-state index is 10.9. The first kappa shape index (κ1) is 10.6. The predicted octanol–water partition coefficient (Wildman–Crippen LogP) is 2.54. The summed E-state index contributed by atoms with van der Waals surface area (Å²) >= 11 is 3.31. The molecular formula is C9H12O2S2. The predicted molar refractivity (Wildman–Crippen MR) is 57.1 cm³/mol. The summed E-state index contributed by atoms with van der Waals surface area (Å²) in [5, 5.41) is 2.04. The minimum absolute atomic E-state index is 0.121. The minimum Gasteiger partial charge on any atom is -0.465 e. The summed E-state index contributed by atoms with van der Waals surface area (Å²) in [5.41, 5.74) is 0. The second-order valence-corrected chi connectivity index (χ2v) is 4.40. The highest BCUT2D eigenvalue weighted by atomic mass is 32.2. The van der Waals surface area contributed by atoms with Crippen molar-refractivity contribution in [2.45, 2.75) is 12.7 Å². The van der Waals surface area contributed by atoms with Gasteiger partial charge in [0.15, 0.2) is 0 Å². The molecule has 0 saturated heterocycles. The van der Waals surface area contributed by atoms with Gasteiger partial charge in [-0.25, -0.2) is 0 Å². The summed E-state index contributed by atoms with van der Waals surface area (Å²) in [4.78, 5) is 12.2. The molecule has 2 nitrogen and oxygen atoms in total. The van der Waals surface area contributed by atoms with Gasteiger partial charge >= 0.3 is 5.97 Å². The van der Waals surface area contributed by atoms with E-state index in [4.69, 9.17) is 4.74 Å². The average Bonchev–Trinajstić information content (AvgIpc) is 2.57. The largest absolute Gasteiger partial charge is 0.465 e. The number of thioether (sulfide) groups is 1. The first-order chi connectivity index (χ1) is 6.33. The lowest BCUT2D eigenvalue weighted by Gasteiger charge is -1.99. The van der Waals surface area contributed by atoms with Crippen LogP contribution in [-0.2, 0) is 15.3 Å². The Balaban J connectivity index is 2.11. The molecule has 72 valence electrons. The highest BCUT2D eigenvalue weighted by molar-refractivity contribution is 7.99. The Kier molecular flexibility index (Phi) is 4.93. The van der Waals surface area contributed by atoms with Crippen LogP contribution in [0.15, 0.2) is 17.5 Å². The van der Waals surface area contributed by atoms with E-state index in [2.05, 4.69) is 6.07 Å². The molecule has 0 saturated carbocycles. The van der Waals surface area contributed by atoms with Crippen LogP contribution in [0.3, 0.4) is 0 Å². The van der Waals surface area contributed by atoms with Gasteiger partial charge in [0.1, 0.15) is 0 Å². The molecule has 0 amide bonds. The Morgan fingerprint density at radius 3 is 3.15 bits per heavy atom. The average molecular weight is 216 g/mol. The third-order valence-electron chi connectivity index (χ3n) is 1.35. The van der Waals surface area contributed by atoms with Crippen LogP contribution in [0.25, 0.3) is 0 Å². The topological polar surface area (TPSA) is 26.3 Å². The molecule has 0 fully saturated rings. The van der Waals surface area contributed by atoms with E-state index in [1.54, 1.807) is 23.1 Å². The number of esters is 1. The third kappa shape index (κ3) is 4.33. The Labute approximate surface area is 86.3 Å². The zero-order valence-electron chi connectivity index (χ0n) is 7.49. The third-order valence-corrected chi connectivity index (χ3v) is 3.36. The number of hydrogen-bond acceptors (Lipinski definition) is 4. The molecule has 0 aliphatic heterocycles. The number of hydrogen-bond donors (Lipinski definition) is 0. The molecule has 1 heterocycles. The van der Waals surface area contributed by atoms with Gasteiger partial charge in [-0.15, -0.1) is 23.1 Å². The molecule has 0 bridgehead atoms. The van der Waals surface area contributed by atoms with Crippen LogP contribution in [0.4, 0.5) is 0 Å². The van der Waals surface area contributed by atoms with E-state index in [9.17, 15) is 4.79 Å². The number of thiophene rings is 1. The van der Waals surface area contributed by atoms with Gasteiger partial charge in [-0.05, 0) is 18.4 Å². The lowest BCUT2D eigenvalue weighted by Crippen LogP contribution is -2.06. The Bertz CT molecular complexity index is 244. The number of rotatable bonds is 5. The van der Waals surface area contributed by atoms with Crippen LogP contribution in [0.5, 0.6) is 0 Å². The van der Waals surface area contributed by atoms with E-state index in [-0.39, 0.29) is 5.97 Å². The van der Waals surface area contributed by atoms with E-state index in [1.165, 1.54) is 4.88 Å². The van der Waals surface area contributed by atoms with Crippen LogP contribution in [-0.4, -0.2) is 18.3 Å². The van der Waals surface area contributed by atoms with E-state index < -0.39 is 0 Å². The second-order valence-electron chi connectivity index (χ2n) is 2.38. The molecule has 0 aromatic carbocycles. The molecule has 0 aliphatic rings. The van der Waals surface area contributed by atoms with E-state index >= 15 is 0 Å². The van der Waals surface area contributed by atoms with Crippen molar-refractivity contribution >= 4 is 29.1 Å². The molecule has 0 N–H and O–H groups in total. The van der Waals surface area contributed by atoms with Gasteiger partial charge in [0.05, 0.1) is 12.4 Å². The molecule has 0 spiro atoms. The zero-order chi connectivity index (χ0) is 9.52. The first-order valence-corrected chi connectivity index (χ1v) is 6.12. The van der Waals surface area contributed by atoms with Crippen molar-refractivity contribution in [1.82, 2.24) is 0 Å². The maximum Gasteiger partial charge on any atom is 0.315 e. The fourth-order valence-electron chi connectivity index (χ4n) is 0.832. The second kappa shape index (κ2) is 6.05. The summed E-state index contributed by atoms with van der Waals surface area (Å²) in [7, 11) is 0. The highest BCUT2D eigenvalue weighted by Gasteiger charge is 2.01. The SMILES string of the molecule is CCOC(=O)CSCc1cccs1. The van der Waals surface area contributed by atoms with Crippen LogP contribution >= 0.6 is 23.1 Å². The highest BCUT2D eigenvalue weighted by Crippen LogP contribution is 2.16. The Hall–Kier alpha value is -0.480. The van der Waals surface area contributed by atoms with Gasteiger partial charge in [-0.1, -0.05) is 6.07 Å². The van der Waals surface area contributed by atoms with E-state index in [0.717, 1.165) is 5.75 Å². The van der Waals surface area contributed by atoms with Crippen LogP contribution in [0.1, 0.15) is 11.8 Å². The molecule has 0 aliphatic carbocycles. The molecule has 13 heavy (non-hydrogen) atoms. The molecule has 1 aromatic heterocycles. The number of carbonyl (C=O) groups excluding carboxylic acids is 1. The molecular weight excluding hydrogens is 204 g/mol. The van der Waals surface area contributed by atoms with Crippen molar-refractivity contribution in [3.05, 3.63) is 22.4 Å². The lowest BCUT2D eigenvalue weighted by atomic mass is 10.5. The Morgan fingerprint density at radius 2 is 2.54 bits per heavy atom. The van der Waals surface area contributed by atoms with E-state index in [0.29, 0.717) is 12.4 Å². The van der Waals surface area contributed by atoms with Crippen molar-refractivity contribution in [3.63, 3.8) is 0 Å². The molecule has 0 unspecified atom stereocenters. The van der Waals surface area contributed by atoms with Gasteiger partial charge in [0.25, 0.3) is 0 Å². The van der Waals surface area contributed by atoms with Crippen molar-refractivity contribution in [2.75, 3.05) is 12.4 Å². The fraction of sp³-hybridized carbons (Fsp3) is 0.444. The molecule has 4 heteroatoms. The summed E-state index contributed by atoms with van der Waals surface area (Å²) in [5.74, 6) is 1.23. The first-order valence-electron chi connectivity index (χ1n) is 4.08. The number of carbonyl (C=O) groups is 1. The normalized spacial score (nSPS) is 9.92. The molecule has 1 aromatic rings. The minimum atomic E-state index is -0.121. The fourth-order valence-corrected chi connectivity index (χ4v) is 2.49. The molecule has 1 rings (SSSR count). The monoisotopic (exact) mass is 216 g/mol. The van der Waals surface area contributed by atoms with Gasteiger partial charge in [-0.2, -0.15) is 0 Å². The van der Waals surface area contributed by atoms with Crippen molar-refractivity contribution in [3.8, 4) is 0 Å². The quantitative estimate of drug-likeness (QED) is 0.708. The van der Waals surface area contributed by atoms with Gasteiger partial charge in [0, 0.05) is 10.6 Å². The number of ether oxygens (including phenoxy) is 1. The standard InChI is InChI=1S/C9H12O2S2/c1-2-11-9(10)7-12-6-8-4-3-5-13-8/h3-5H,2,6-7H2,1H3. The van der Waals surface area contributed by atoms with Crippen molar-refractivity contribution in [1.29, 1.82) is 0 Å². The molecule has 0 atom stereocenters. The van der Waals surface area contributed by atoms with Crippen LogP contribution in [0.2, 0.25) is 0 Å². The van der Waals surface area contributed by atoms with Crippen LogP contribution < -0.4 is 0 Å². The summed E-state index contributed by atoms with van der Waals surface area (Å²) in [6.07, 6.45) is 0. The van der Waals surface area contributed by atoms with Crippen molar-refractivity contribution < 1.29 is 9.53 Å². The lowest BCUT2D eigenvalue weighted by molar-refractivity contribution is -0.139. The van der Waals surface area contributed by atoms with Crippen LogP contribution in [0, 0.1) is 0 Å². The maximum absolute atomic E-state index is 10.9. The van der Waals surface area contributed by atoms with Gasteiger partial charge in [0.2, 0.25) is 0 Å². The Morgan fingerprint density at radius 1 is 1.69 bits per heavy atom. The molecule has 0 radical (unpaired) electrons. The zero-order valence-corrected chi connectivity index (χ0v) is 9.12. The van der Waals surface area contributed by atoms with Gasteiger partial charge in [-0.3, -0.25) is 4.79 Å².